The Bertz CT molecular complexity index is 829. The highest BCUT2D eigenvalue weighted by atomic mass is 35.5. The van der Waals surface area contributed by atoms with Crippen molar-refractivity contribution in [1.82, 2.24) is 20.0 Å². The van der Waals surface area contributed by atoms with Crippen LogP contribution in [0.5, 0.6) is 5.75 Å². The molecule has 4 N–H and O–H groups in total. The average Bonchev–Trinajstić information content (AvgIpc) is 3.32. The van der Waals surface area contributed by atoms with E-state index in [0.29, 0.717) is 5.92 Å². The number of nitrogen functional groups attached to an aromatic ring is 1. The minimum Gasteiger partial charge on any atom is -0.507 e. The summed E-state index contributed by atoms with van der Waals surface area (Å²) in [5.41, 5.74) is 6.07. The Morgan fingerprint density at radius 1 is 1.00 bits per heavy atom. The summed E-state index contributed by atoms with van der Waals surface area (Å²) in [5.74, 6) is 0.145. The van der Waals surface area contributed by atoms with Crippen LogP contribution in [0.2, 0.25) is 5.02 Å². The molecule has 3 saturated heterocycles. The van der Waals surface area contributed by atoms with Crippen molar-refractivity contribution in [3.63, 3.8) is 0 Å². The molecule has 0 aromatic heterocycles. The Hall–Kier alpha value is -2.19. The molecule has 0 unspecified atom stereocenters. The second-order valence-electron chi connectivity index (χ2n) is 9.35. The lowest BCUT2D eigenvalue weighted by Gasteiger charge is -2.38. The summed E-state index contributed by atoms with van der Waals surface area (Å²) in [6.07, 6.45) is 6.14. The number of carbonyl (C=O) groups excluding carboxylic acids is 2. The predicted octanol–water partition coefficient (Wildman–Crippen LogP) is 2.75. The highest BCUT2D eigenvalue weighted by Gasteiger charge is 2.29. The molecule has 32 heavy (non-hydrogen) atoms. The molecule has 0 radical (unpaired) electrons. The van der Waals surface area contributed by atoms with Crippen molar-refractivity contribution in [3.8, 4) is 5.75 Å². The van der Waals surface area contributed by atoms with E-state index in [9.17, 15) is 14.7 Å². The molecular weight excluding hydrogens is 430 g/mol. The molecular formula is C23H34ClN5O3. The van der Waals surface area contributed by atoms with Crippen LogP contribution in [0.3, 0.4) is 0 Å². The van der Waals surface area contributed by atoms with E-state index in [4.69, 9.17) is 17.3 Å². The first kappa shape index (κ1) is 23.0. The van der Waals surface area contributed by atoms with Crippen LogP contribution in [0, 0.1) is 5.92 Å². The number of nitrogens with zero attached hydrogens (tertiary/aromatic N) is 3. The first-order valence-electron chi connectivity index (χ1n) is 11.8. The minimum absolute atomic E-state index is 0.0782. The number of rotatable bonds is 4. The average molecular weight is 464 g/mol. The number of hydrogen-bond donors (Lipinski definition) is 3. The van der Waals surface area contributed by atoms with Crippen LogP contribution in [0.4, 0.5) is 10.5 Å². The second kappa shape index (κ2) is 10.2. The number of likely N-dealkylation sites (tertiary alicyclic amines) is 3. The van der Waals surface area contributed by atoms with E-state index in [1.165, 1.54) is 12.1 Å². The minimum atomic E-state index is -0.321. The molecule has 0 saturated carbocycles. The zero-order valence-electron chi connectivity index (χ0n) is 18.6. The lowest BCUT2D eigenvalue weighted by molar-refractivity contribution is 0.0886. The predicted molar refractivity (Wildman–Crippen MR) is 125 cm³/mol. The zero-order valence-corrected chi connectivity index (χ0v) is 19.3. The summed E-state index contributed by atoms with van der Waals surface area (Å²) in [5, 5.41) is 13.3. The highest BCUT2D eigenvalue weighted by Crippen LogP contribution is 2.28. The molecule has 3 aliphatic rings. The van der Waals surface area contributed by atoms with Gasteiger partial charge in [-0.1, -0.05) is 11.6 Å². The largest absolute Gasteiger partial charge is 0.507 e. The van der Waals surface area contributed by atoms with Crippen LogP contribution in [-0.4, -0.2) is 83.6 Å². The number of aromatic hydroxyl groups is 1. The highest BCUT2D eigenvalue weighted by molar-refractivity contribution is 6.33. The van der Waals surface area contributed by atoms with Gasteiger partial charge in [-0.15, -0.1) is 0 Å². The summed E-state index contributed by atoms with van der Waals surface area (Å²) in [7, 11) is 0. The van der Waals surface area contributed by atoms with Crippen molar-refractivity contribution in [2.45, 2.75) is 44.6 Å². The van der Waals surface area contributed by atoms with Gasteiger partial charge in [-0.05, 0) is 50.5 Å². The third kappa shape index (κ3) is 5.41. The smallest absolute Gasteiger partial charge is 0.319 e. The molecule has 0 bridgehead atoms. The number of hydrogen-bond acceptors (Lipinski definition) is 5. The van der Waals surface area contributed by atoms with E-state index in [1.807, 2.05) is 9.80 Å². The van der Waals surface area contributed by atoms with Gasteiger partial charge in [0.2, 0.25) is 0 Å². The fourth-order valence-electron chi connectivity index (χ4n) is 5.06. The Labute approximate surface area is 194 Å². The third-order valence-electron chi connectivity index (χ3n) is 7.06. The molecule has 3 fully saturated rings. The zero-order chi connectivity index (χ0) is 22.7. The number of carbonyl (C=O) groups is 2. The van der Waals surface area contributed by atoms with Gasteiger partial charge in [0.05, 0.1) is 16.3 Å². The summed E-state index contributed by atoms with van der Waals surface area (Å²) >= 11 is 6.00. The fourth-order valence-corrected chi connectivity index (χ4v) is 5.23. The van der Waals surface area contributed by atoms with Crippen LogP contribution in [0.1, 0.15) is 48.9 Å². The van der Waals surface area contributed by atoms with Gasteiger partial charge < -0.3 is 30.9 Å². The summed E-state index contributed by atoms with van der Waals surface area (Å²) < 4.78 is 0. The topological polar surface area (TPSA) is 102 Å². The SMILES string of the molecule is Nc1cc(O)c(C(=O)NC2CCN(CC3CCN(C(=O)N4CCCC4)CC3)CC2)cc1Cl. The van der Waals surface area contributed by atoms with E-state index < -0.39 is 0 Å². The maximum atomic E-state index is 12.6. The number of halogens is 1. The van der Waals surface area contributed by atoms with E-state index in [-0.39, 0.29) is 40.0 Å². The first-order valence-corrected chi connectivity index (χ1v) is 12.1. The lowest BCUT2D eigenvalue weighted by atomic mass is 9.94. The van der Waals surface area contributed by atoms with Gasteiger partial charge >= 0.3 is 6.03 Å². The molecule has 9 heteroatoms. The molecule has 3 heterocycles. The molecule has 0 spiro atoms. The Morgan fingerprint density at radius 3 is 2.28 bits per heavy atom. The van der Waals surface area contributed by atoms with Gasteiger partial charge in [0, 0.05) is 57.9 Å². The standard InChI is InChI=1S/C23H34ClN5O3/c24-19-13-18(21(30)14-20(19)25)22(31)26-17-5-9-27(10-6-17)15-16-3-11-29(12-4-16)23(32)28-7-1-2-8-28/h13-14,16-17,30H,1-12,15,25H2,(H,26,31). The molecule has 0 atom stereocenters. The molecule has 176 valence electrons. The van der Waals surface area contributed by atoms with Gasteiger partial charge in [0.1, 0.15) is 5.75 Å². The van der Waals surface area contributed by atoms with Crippen molar-refractivity contribution in [3.05, 3.63) is 22.7 Å². The van der Waals surface area contributed by atoms with Crippen LogP contribution < -0.4 is 11.1 Å². The number of amides is 3. The summed E-state index contributed by atoms with van der Waals surface area (Å²) in [6, 6.07) is 3.03. The number of benzene rings is 1. The van der Waals surface area contributed by atoms with Gasteiger partial charge in [0.25, 0.3) is 5.91 Å². The molecule has 1 aromatic carbocycles. The van der Waals surface area contributed by atoms with Crippen molar-refractivity contribution >= 4 is 29.2 Å². The first-order chi connectivity index (χ1) is 15.4. The second-order valence-corrected chi connectivity index (χ2v) is 9.75. The van der Waals surface area contributed by atoms with E-state index in [1.54, 1.807) is 0 Å². The third-order valence-corrected chi connectivity index (χ3v) is 7.39. The maximum absolute atomic E-state index is 12.6. The van der Waals surface area contributed by atoms with Crippen LogP contribution in [0.25, 0.3) is 0 Å². The monoisotopic (exact) mass is 463 g/mol. The van der Waals surface area contributed by atoms with Crippen molar-refractivity contribution < 1.29 is 14.7 Å². The van der Waals surface area contributed by atoms with Crippen molar-refractivity contribution in [2.24, 2.45) is 5.92 Å². The number of phenols is 1. The lowest BCUT2D eigenvalue weighted by Crippen LogP contribution is -2.49. The number of phenolic OH excluding ortho intramolecular Hbond substituents is 1. The van der Waals surface area contributed by atoms with Crippen molar-refractivity contribution in [1.29, 1.82) is 0 Å². The quantitative estimate of drug-likeness (QED) is 0.596. The van der Waals surface area contributed by atoms with Gasteiger partial charge in [0.15, 0.2) is 0 Å². The summed E-state index contributed by atoms with van der Waals surface area (Å²) in [6.45, 7) is 6.48. The molecule has 1 aromatic rings. The van der Waals surface area contributed by atoms with E-state index >= 15 is 0 Å². The van der Waals surface area contributed by atoms with Gasteiger partial charge in [-0.2, -0.15) is 0 Å². The molecule has 3 aliphatic heterocycles. The number of urea groups is 1. The normalized spacial score (nSPS) is 21.2. The maximum Gasteiger partial charge on any atom is 0.319 e. The molecule has 3 amide bonds. The Balaban J connectivity index is 1.18. The fraction of sp³-hybridized carbons (Fsp3) is 0.652. The van der Waals surface area contributed by atoms with Crippen LogP contribution in [-0.2, 0) is 0 Å². The van der Waals surface area contributed by atoms with Crippen LogP contribution >= 0.6 is 11.6 Å². The van der Waals surface area contributed by atoms with E-state index in [2.05, 4.69) is 10.2 Å². The summed E-state index contributed by atoms with van der Waals surface area (Å²) in [4.78, 5) is 31.6. The Morgan fingerprint density at radius 2 is 1.62 bits per heavy atom. The number of nitrogens with one attached hydrogen (secondary N) is 1. The molecule has 8 nitrogen and oxygen atoms in total. The van der Waals surface area contributed by atoms with Crippen LogP contribution in [0.15, 0.2) is 12.1 Å². The number of anilines is 1. The van der Waals surface area contributed by atoms with E-state index in [0.717, 1.165) is 84.3 Å². The molecule has 4 rings (SSSR count). The number of nitrogens with two attached hydrogens (primary N) is 1. The number of piperidine rings is 2. The molecule has 0 aliphatic carbocycles. The Kier molecular flexibility index (Phi) is 7.30. The van der Waals surface area contributed by atoms with Crippen molar-refractivity contribution in [2.75, 3.05) is 51.5 Å². The van der Waals surface area contributed by atoms with Gasteiger partial charge in [-0.3, -0.25) is 4.79 Å². The van der Waals surface area contributed by atoms with Gasteiger partial charge in [-0.25, -0.2) is 4.79 Å².